The second-order valence-electron chi connectivity index (χ2n) is 5.52. The molecule has 0 unspecified atom stereocenters. The van der Waals surface area contributed by atoms with Gasteiger partial charge in [-0.15, -0.1) is 0 Å². The van der Waals surface area contributed by atoms with E-state index in [1.54, 1.807) is 23.0 Å². The van der Waals surface area contributed by atoms with Crippen LogP contribution in [0.3, 0.4) is 0 Å². The maximum atomic E-state index is 12.0. The number of para-hydroxylation sites is 1. The van der Waals surface area contributed by atoms with Gasteiger partial charge in [-0.25, -0.2) is 9.48 Å². The van der Waals surface area contributed by atoms with Gasteiger partial charge in [0.15, 0.2) is 6.61 Å². The van der Waals surface area contributed by atoms with E-state index in [2.05, 4.69) is 5.10 Å². The highest BCUT2D eigenvalue weighted by molar-refractivity contribution is 6.30. The van der Waals surface area contributed by atoms with Crippen LogP contribution in [0.15, 0.2) is 60.8 Å². The third kappa shape index (κ3) is 4.29. The van der Waals surface area contributed by atoms with E-state index in [9.17, 15) is 9.59 Å². The Labute approximate surface area is 154 Å². The Kier molecular flexibility index (Phi) is 5.34. The minimum Gasteiger partial charge on any atom is -0.479 e. The molecule has 0 saturated carbocycles. The van der Waals surface area contributed by atoms with E-state index in [1.807, 2.05) is 42.5 Å². The lowest BCUT2D eigenvalue weighted by atomic mass is 10.1. The molecule has 3 aromatic rings. The molecule has 132 valence electrons. The van der Waals surface area contributed by atoms with Gasteiger partial charge in [-0.3, -0.25) is 4.79 Å². The summed E-state index contributed by atoms with van der Waals surface area (Å²) in [5, 5.41) is 13.8. The number of carboxylic acid groups (broad SMARTS) is 1. The molecule has 1 heterocycles. The number of nitrogens with zero attached hydrogens (tertiary/aromatic N) is 2. The molecule has 7 heteroatoms. The Balaban J connectivity index is 1.95. The molecule has 3 rings (SSSR count). The molecule has 0 aliphatic rings. The highest BCUT2D eigenvalue weighted by Crippen LogP contribution is 2.25. The van der Waals surface area contributed by atoms with E-state index in [0.717, 1.165) is 11.3 Å². The van der Waals surface area contributed by atoms with E-state index in [0.29, 0.717) is 16.3 Å². The number of rotatable bonds is 6. The third-order valence-electron chi connectivity index (χ3n) is 3.62. The number of halogens is 1. The van der Waals surface area contributed by atoms with E-state index >= 15 is 0 Å². The monoisotopic (exact) mass is 370 g/mol. The number of carboxylic acids is 1. The van der Waals surface area contributed by atoms with Crippen LogP contribution in [0.1, 0.15) is 5.56 Å². The lowest BCUT2D eigenvalue weighted by molar-refractivity contribution is -0.154. The Morgan fingerprint density at radius 1 is 1.08 bits per heavy atom. The third-order valence-corrected chi connectivity index (χ3v) is 3.87. The number of ether oxygens (including phenoxy) is 1. The quantitative estimate of drug-likeness (QED) is 0.673. The molecule has 0 saturated heterocycles. The van der Waals surface area contributed by atoms with Crippen LogP contribution in [0, 0.1) is 0 Å². The van der Waals surface area contributed by atoms with E-state index in [-0.39, 0.29) is 6.42 Å². The molecule has 0 aliphatic carbocycles. The van der Waals surface area contributed by atoms with Gasteiger partial charge >= 0.3 is 11.9 Å². The van der Waals surface area contributed by atoms with Gasteiger partial charge in [-0.05, 0) is 24.3 Å². The Bertz CT molecular complexity index is 920. The molecular formula is C19H15ClN2O4. The fourth-order valence-corrected chi connectivity index (χ4v) is 2.58. The van der Waals surface area contributed by atoms with Gasteiger partial charge in [0.25, 0.3) is 0 Å². The smallest absolute Gasteiger partial charge is 0.341 e. The Morgan fingerprint density at radius 2 is 1.77 bits per heavy atom. The summed E-state index contributed by atoms with van der Waals surface area (Å²) in [5.74, 6) is -1.83. The van der Waals surface area contributed by atoms with Crippen molar-refractivity contribution in [2.45, 2.75) is 6.42 Å². The standard InChI is InChI=1S/C19H15ClN2O4/c20-15-8-6-13(7-9-15)19-14(10-18(25)26-12-17(23)24)11-22(21-19)16-4-2-1-3-5-16/h1-9,11H,10,12H2,(H,23,24). The van der Waals surface area contributed by atoms with E-state index in [1.165, 1.54) is 0 Å². The van der Waals surface area contributed by atoms with Gasteiger partial charge < -0.3 is 9.84 Å². The summed E-state index contributed by atoms with van der Waals surface area (Å²) in [4.78, 5) is 22.5. The average Bonchev–Trinajstić information content (AvgIpc) is 3.05. The first kappa shape index (κ1) is 17.7. The van der Waals surface area contributed by atoms with Crippen LogP contribution in [-0.4, -0.2) is 33.4 Å². The number of carbonyl (C=O) groups is 2. The second kappa shape index (κ2) is 7.84. The van der Waals surface area contributed by atoms with Crippen molar-refractivity contribution in [3.05, 3.63) is 71.4 Å². The predicted octanol–water partition coefficient (Wildman–Crippen LogP) is 3.36. The van der Waals surface area contributed by atoms with Gasteiger partial charge in [-0.1, -0.05) is 41.9 Å². The molecule has 1 N–H and O–H groups in total. The number of hydrogen-bond donors (Lipinski definition) is 1. The van der Waals surface area contributed by atoms with Gasteiger partial charge in [-0.2, -0.15) is 5.10 Å². The largest absolute Gasteiger partial charge is 0.479 e. The van der Waals surface area contributed by atoms with Crippen molar-refractivity contribution in [1.29, 1.82) is 0 Å². The molecule has 0 amide bonds. The molecule has 0 bridgehead atoms. The maximum Gasteiger partial charge on any atom is 0.341 e. The van der Waals surface area contributed by atoms with Gasteiger partial charge in [0.2, 0.25) is 0 Å². The molecule has 0 fully saturated rings. The zero-order chi connectivity index (χ0) is 18.5. The van der Waals surface area contributed by atoms with Gasteiger partial charge in [0, 0.05) is 22.3 Å². The molecule has 1 aromatic heterocycles. The normalized spacial score (nSPS) is 10.5. The Morgan fingerprint density at radius 3 is 2.42 bits per heavy atom. The summed E-state index contributed by atoms with van der Waals surface area (Å²) < 4.78 is 6.41. The van der Waals surface area contributed by atoms with E-state index < -0.39 is 18.5 Å². The first-order valence-corrected chi connectivity index (χ1v) is 8.18. The van der Waals surface area contributed by atoms with Crippen LogP contribution in [-0.2, 0) is 20.7 Å². The van der Waals surface area contributed by atoms with Crippen LogP contribution in [0.5, 0.6) is 0 Å². The lowest BCUT2D eigenvalue weighted by Gasteiger charge is -2.03. The summed E-state index contributed by atoms with van der Waals surface area (Å²) in [6.07, 6.45) is 1.65. The van der Waals surface area contributed by atoms with Gasteiger partial charge in [0.05, 0.1) is 17.8 Å². The maximum absolute atomic E-state index is 12.0. The van der Waals surface area contributed by atoms with Crippen molar-refractivity contribution in [3.8, 4) is 16.9 Å². The molecule has 2 aromatic carbocycles. The summed E-state index contributed by atoms with van der Waals surface area (Å²) in [6.45, 7) is -0.665. The zero-order valence-corrected chi connectivity index (χ0v) is 14.4. The molecule has 0 aliphatic heterocycles. The van der Waals surface area contributed by atoms with E-state index in [4.69, 9.17) is 21.4 Å². The van der Waals surface area contributed by atoms with Crippen LogP contribution < -0.4 is 0 Å². The first-order chi connectivity index (χ1) is 12.5. The second-order valence-corrected chi connectivity index (χ2v) is 5.96. The molecule has 26 heavy (non-hydrogen) atoms. The van der Waals surface area contributed by atoms with Crippen LogP contribution in [0.2, 0.25) is 5.02 Å². The summed E-state index contributed by atoms with van der Waals surface area (Å²) in [5.41, 5.74) is 2.88. The average molecular weight is 371 g/mol. The molecule has 0 radical (unpaired) electrons. The number of aromatic nitrogens is 2. The summed E-state index contributed by atoms with van der Waals surface area (Å²) in [7, 11) is 0. The zero-order valence-electron chi connectivity index (χ0n) is 13.6. The van der Waals surface area contributed by atoms with Crippen LogP contribution >= 0.6 is 11.6 Å². The Hall–Kier alpha value is -3.12. The lowest BCUT2D eigenvalue weighted by Crippen LogP contribution is -2.14. The topological polar surface area (TPSA) is 81.4 Å². The highest BCUT2D eigenvalue weighted by atomic mass is 35.5. The van der Waals surface area contributed by atoms with Crippen molar-refractivity contribution in [2.75, 3.05) is 6.61 Å². The summed E-state index contributed by atoms with van der Waals surface area (Å²) in [6, 6.07) is 16.6. The minimum absolute atomic E-state index is 0.0852. The SMILES string of the molecule is O=C(O)COC(=O)Cc1cn(-c2ccccc2)nc1-c1ccc(Cl)cc1. The first-order valence-electron chi connectivity index (χ1n) is 7.80. The fourth-order valence-electron chi connectivity index (χ4n) is 2.45. The van der Waals surface area contributed by atoms with Crippen LogP contribution in [0.4, 0.5) is 0 Å². The number of carbonyl (C=O) groups excluding carboxylic acids is 1. The van der Waals surface area contributed by atoms with Crippen molar-refractivity contribution < 1.29 is 19.4 Å². The van der Waals surface area contributed by atoms with Crippen molar-refractivity contribution in [3.63, 3.8) is 0 Å². The molecular weight excluding hydrogens is 356 g/mol. The predicted molar refractivity (Wildman–Crippen MR) is 96.3 cm³/mol. The number of hydrogen-bond acceptors (Lipinski definition) is 4. The highest BCUT2D eigenvalue weighted by Gasteiger charge is 2.17. The van der Waals surface area contributed by atoms with Crippen LogP contribution in [0.25, 0.3) is 16.9 Å². The number of esters is 1. The van der Waals surface area contributed by atoms with Gasteiger partial charge in [0.1, 0.15) is 0 Å². The number of benzene rings is 2. The minimum atomic E-state index is -1.20. The molecule has 0 atom stereocenters. The molecule has 6 nitrogen and oxygen atoms in total. The molecule has 0 spiro atoms. The number of aliphatic carboxylic acids is 1. The fraction of sp³-hybridized carbons (Fsp3) is 0.105. The van der Waals surface area contributed by atoms with Crippen molar-refractivity contribution in [2.24, 2.45) is 0 Å². The van der Waals surface area contributed by atoms with Crippen molar-refractivity contribution in [1.82, 2.24) is 9.78 Å². The summed E-state index contributed by atoms with van der Waals surface area (Å²) >= 11 is 5.94. The van der Waals surface area contributed by atoms with Crippen molar-refractivity contribution >= 4 is 23.5 Å².